The van der Waals surface area contributed by atoms with Crippen LogP contribution in [0.25, 0.3) is 0 Å². The fourth-order valence-electron chi connectivity index (χ4n) is 2.92. The molecule has 1 aliphatic carbocycles. The van der Waals surface area contributed by atoms with Gasteiger partial charge in [0.25, 0.3) is 0 Å². The van der Waals surface area contributed by atoms with Crippen molar-refractivity contribution in [3.8, 4) is 0 Å². The van der Waals surface area contributed by atoms with Gasteiger partial charge in [0.2, 0.25) is 0 Å². The number of likely N-dealkylation sites (N-methyl/N-ethyl adjacent to an activating group) is 1. The Hall–Kier alpha value is -0.0500. The minimum atomic E-state index is 0.618. The summed E-state index contributed by atoms with van der Waals surface area (Å²) in [5.74, 6) is 1.71. The Morgan fingerprint density at radius 1 is 1.50 bits per heavy atom. The molecule has 1 aliphatic rings. The molecular formula is C13H20ClNS. The van der Waals surface area contributed by atoms with Crippen molar-refractivity contribution in [3.63, 3.8) is 0 Å². The molecule has 3 heteroatoms. The Morgan fingerprint density at radius 2 is 2.31 bits per heavy atom. The van der Waals surface area contributed by atoms with Crippen molar-refractivity contribution < 1.29 is 0 Å². The van der Waals surface area contributed by atoms with E-state index in [2.05, 4.69) is 25.4 Å². The predicted octanol–water partition coefficient (Wildman–Crippen LogP) is 3.97. The molecule has 1 fully saturated rings. The summed E-state index contributed by atoms with van der Waals surface area (Å²) in [6, 6.07) is 4.79. The highest BCUT2D eigenvalue weighted by molar-refractivity contribution is 7.16. The maximum atomic E-state index is 5.97. The molecule has 1 aromatic heterocycles. The maximum absolute atomic E-state index is 5.97. The van der Waals surface area contributed by atoms with E-state index in [1.165, 1.54) is 24.1 Å². The number of rotatable bonds is 4. The van der Waals surface area contributed by atoms with Crippen LogP contribution in [-0.4, -0.2) is 13.1 Å². The predicted molar refractivity (Wildman–Crippen MR) is 72.4 cm³/mol. The Morgan fingerprint density at radius 3 is 2.81 bits per heavy atom. The number of hydrogen-bond acceptors (Lipinski definition) is 2. The Kier molecular flexibility index (Phi) is 4.28. The van der Waals surface area contributed by atoms with Gasteiger partial charge in [0.1, 0.15) is 0 Å². The molecule has 3 atom stereocenters. The fourth-order valence-corrected chi connectivity index (χ4v) is 4.06. The summed E-state index contributed by atoms with van der Waals surface area (Å²) in [5.41, 5.74) is 0. The molecule has 0 aliphatic heterocycles. The zero-order chi connectivity index (χ0) is 11.5. The minimum Gasteiger partial charge on any atom is -0.316 e. The van der Waals surface area contributed by atoms with Crippen LogP contribution in [0.3, 0.4) is 0 Å². The van der Waals surface area contributed by atoms with Crippen LogP contribution in [0.2, 0.25) is 4.34 Å². The number of nitrogens with one attached hydrogen (secondary N) is 1. The zero-order valence-electron chi connectivity index (χ0n) is 10.0. The highest BCUT2D eigenvalue weighted by atomic mass is 35.5. The number of hydrogen-bond donors (Lipinski definition) is 1. The van der Waals surface area contributed by atoms with E-state index < -0.39 is 0 Å². The standard InChI is InChI=1S/C13H20ClNS/c1-9-4-3-5-11(9)12(15-2)8-10-6-7-13(14)16-10/h6-7,9,11-12,15H,3-5,8H2,1-2H3. The first-order valence-electron chi connectivity index (χ1n) is 6.12. The second kappa shape index (κ2) is 5.52. The molecular weight excluding hydrogens is 238 g/mol. The lowest BCUT2D eigenvalue weighted by atomic mass is 9.88. The largest absolute Gasteiger partial charge is 0.316 e. The van der Waals surface area contributed by atoms with Gasteiger partial charge >= 0.3 is 0 Å². The molecule has 1 aromatic rings. The quantitative estimate of drug-likeness (QED) is 0.861. The molecule has 1 saturated carbocycles. The SMILES string of the molecule is CNC(Cc1ccc(Cl)s1)C1CCCC1C. The maximum Gasteiger partial charge on any atom is 0.0931 e. The van der Waals surface area contributed by atoms with Gasteiger partial charge in [0.05, 0.1) is 4.34 Å². The number of halogens is 1. The van der Waals surface area contributed by atoms with E-state index in [1.54, 1.807) is 11.3 Å². The molecule has 1 nitrogen and oxygen atoms in total. The van der Waals surface area contributed by atoms with E-state index in [0.29, 0.717) is 6.04 Å². The average Bonchev–Trinajstić information content (AvgIpc) is 2.84. The second-order valence-electron chi connectivity index (χ2n) is 4.88. The van der Waals surface area contributed by atoms with Crippen molar-refractivity contribution in [2.75, 3.05) is 7.05 Å². The average molecular weight is 258 g/mol. The molecule has 90 valence electrons. The van der Waals surface area contributed by atoms with Gasteiger partial charge in [-0.1, -0.05) is 31.4 Å². The Balaban J connectivity index is 2.00. The molecule has 0 spiro atoms. The molecule has 1 N–H and O–H groups in total. The first-order valence-corrected chi connectivity index (χ1v) is 7.31. The van der Waals surface area contributed by atoms with Crippen molar-refractivity contribution >= 4 is 22.9 Å². The van der Waals surface area contributed by atoms with Gasteiger partial charge in [-0.2, -0.15) is 0 Å². The molecule has 0 aromatic carbocycles. The van der Waals surface area contributed by atoms with E-state index >= 15 is 0 Å². The molecule has 2 rings (SSSR count). The molecule has 0 radical (unpaired) electrons. The Bertz CT molecular complexity index is 336. The van der Waals surface area contributed by atoms with Crippen molar-refractivity contribution in [2.45, 2.75) is 38.6 Å². The Labute approximate surface area is 107 Å². The summed E-state index contributed by atoms with van der Waals surface area (Å²) < 4.78 is 0.907. The molecule has 1 heterocycles. The normalized spacial score (nSPS) is 27.2. The van der Waals surface area contributed by atoms with Gasteiger partial charge in [-0.15, -0.1) is 11.3 Å². The van der Waals surface area contributed by atoms with Gasteiger partial charge < -0.3 is 5.32 Å². The molecule has 16 heavy (non-hydrogen) atoms. The van der Waals surface area contributed by atoms with Crippen molar-refractivity contribution in [1.82, 2.24) is 5.32 Å². The third kappa shape index (κ3) is 2.79. The topological polar surface area (TPSA) is 12.0 Å². The summed E-state index contributed by atoms with van der Waals surface area (Å²) in [6.07, 6.45) is 5.30. The van der Waals surface area contributed by atoms with Gasteiger partial charge in [-0.25, -0.2) is 0 Å². The van der Waals surface area contributed by atoms with E-state index in [-0.39, 0.29) is 0 Å². The number of thiophene rings is 1. The lowest BCUT2D eigenvalue weighted by Gasteiger charge is -2.26. The summed E-state index contributed by atoms with van der Waals surface area (Å²) in [4.78, 5) is 1.41. The lowest BCUT2D eigenvalue weighted by Crippen LogP contribution is -2.36. The summed E-state index contributed by atoms with van der Waals surface area (Å²) >= 11 is 7.69. The second-order valence-corrected chi connectivity index (χ2v) is 6.68. The van der Waals surface area contributed by atoms with E-state index in [1.807, 2.05) is 6.07 Å². The van der Waals surface area contributed by atoms with Crippen LogP contribution < -0.4 is 5.32 Å². The minimum absolute atomic E-state index is 0.618. The van der Waals surface area contributed by atoms with Crippen LogP contribution in [0.1, 0.15) is 31.1 Å². The van der Waals surface area contributed by atoms with E-state index in [9.17, 15) is 0 Å². The summed E-state index contributed by atoms with van der Waals surface area (Å²) in [5, 5.41) is 3.50. The van der Waals surface area contributed by atoms with Gasteiger partial charge in [0, 0.05) is 10.9 Å². The van der Waals surface area contributed by atoms with Crippen LogP contribution in [0, 0.1) is 11.8 Å². The van der Waals surface area contributed by atoms with Gasteiger partial charge in [-0.05, 0) is 43.9 Å². The van der Waals surface area contributed by atoms with Gasteiger partial charge in [-0.3, -0.25) is 0 Å². The monoisotopic (exact) mass is 257 g/mol. The van der Waals surface area contributed by atoms with Crippen molar-refractivity contribution in [2.24, 2.45) is 11.8 Å². The summed E-state index contributed by atoms with van der Waals surface area (Å²) in [6.45, 7) is 2.39. The molecule has 0 bridgehead atoms. The van der Waals surface area contributed by atoms with Crippen molar-refractivity contribution in [3.05, 3.63) is 21.3 Å². The smallest absolute Gasteiger partial charge is 0.0931 e. The van der Waals surface area contributed by atoms with Crippen LogP contribution in [-0.2, 0) is 6.42 Å². The van der Waals surface area contributed by atoms with Gasteiger partial charge in [0.15, 0.2) is 0 Å². The molecule has 0 saturated heterocycles. The summed E-state index contributed by atoms with van der Waals surface area (Å²) in [7, 11) is 2.09. The van der Waals surface area contributed by atoms with Crippen LogP contribution in [0.5, 0.6) is 0 Å². The van der Waals surface area contributed by atoms with E-state index in [4.69, 9.17) is 11.6 Å². The van der Waals surface area contributed by atoms with Crippen LogP contribution in [0.15, 0.2) is 12.1 Å². The highest BCUT2D eigenvalue weighted by Gasteiger charge is 2.30. The van der Waals surface area contributed by atoms with Crippen LogP contribution >= 0.6 is 22.9 Å². The zero-order valence-corrected chi connectivity index (χ0v) is 11.6. The van der Waals surface area contributed by atoms with E-state index in [0.717, 1.165) is 22.6 Å². The fraction of sp³-hybridized carbons (Fsp3) is 0.692. The third-order valence-electron chi connectivity index (χ3n) is 3.87. The highest BCUT2D eigenvalue weighted by Crippen LogP contribution is 2.35. The molecule has 0 amide bonds. The third-order valence-corrected chi connectivity index (χ3v) is 5.12. The molecule has 3 unspecified atom stereocenters. The lowest BCUT2D eigenvalue weighted by molar-refractivity contribution is 0.309. The first kappa shape index (κ1) is 12.4. The van der Waals surface area contributed by atoms with Crippen LogP contribution in [0.4, 0.5) is 0 Å². The van der Waals surface area contributed by atoms with Crippen molar-refractivity contribution in [1.29, 1.82) is 0 Å². The first-order chi connectivity index (χ1) is 7.70.